The van der Waals surface area contributed by atoms with Gasteiger partial charge in [-0.1, -0.05) is 66.7 Å². The van der Waals surface area contributed by atoms with Gasteiger partial charge in [0.15, 0.2) is 6.29 Å². The highest BCUT2D eigenvalue weighted by Crippen LogP contribution is 2.40. The van der Waals surface area contributed by atoms with Gasteiger partial charge >= 0.3 is 5.97 Å². The maximum absolute atomic E-state index is 11.2. The number of thioether (sulfide) groups is 1. The van der Waals surface area contributed by atoms with Crippen molar-refractivity contribution < 1.29 is 24.5 Å². The van der Waals surface area contributed by atoms with Crippen molar-refractivity contribution in [2.45, 2.75) is 43.0 Å². The molecule has 1 aliphatic heterocycles. The van der Waals surface area contributed by atoms with Gasteiger partial charge in [-0.2, -0.15) is 0 Å². The predicted molar refractivity (Wildman–Crippen MR) is 152 cm³/mol. The average Bonchev–Trinajstić information content (AvgIpc) is 3.00. The van der Waals surface area contributed by atoms with E-state index in [-0.39, 0.29) is 24.4 Å². The Bertz CT molecular complexity index is 1390. The van der Waals surface area contributed by atoms with E-state index < -0.39 is 12.3 Å². The minimum atomic E-state index is -0.935. The fourth-order valence-electron chi connectivity index (χ4n) is 4.62. The fraction of sp³-hybridized carbons (Fsp3) is 0.219. The van der Waals surface area contributed by atoms with Crippen molar-refractivity contribution in [2.75, 3.05) is 5.75 Å². The number of hydrogen-bond donors (Lipinski definition) is 3. The maximum atomic E-state index is 11.2. The average molecular weight is 542 g/mol. The minimum Gasteiger partial charge on any atom is -0.478 e. The lowest BCUT2D eigenvalue weighted by Gasteiger charge is -2.36. The number of benzene rings is 4. The van der Waals surface area contributed by atoms with Crippen LogP contribution < -0.4 is 5.73 Å². The fourth-order valence-corrected chi connectivity index (χ4v) is 5.54. The smallest absolute Gasteiger partial charge is 0.335 e. The molecule has 1 fully saturated rings. The van der Waals surface area contributed by atoms with E-state index in [0.29, 0.717) is 18.7 Å². The van der Waals surface area contributed by atoms with E-state index in [1.807, 2.05) is 60.7 Å². The number of aliphatic hydroxyl groups is 1. The summed E-state index contributed by atoms with van der Waals surface area (Å²) in [6, 6.07) is 31.2. The van der Waals surface area contributed by atoms with Crippen LogP contribution in [-0.4, -0.2) is 28.0 Å². The lowest BCUT2D eigenvalue weighted by molar-refractivity contribution is -0.245. The Labute approximate surface area is 232 Å². The predicted octanol–water partition coefficient (Wildman–Crippen LogP) is 6.34. The second kappa shape index (κ2) is 12.6. The minimum absolute atomic E-state index is 0.00197. The monoisotopic (exact) mass is 541 g/mol. The van der Waals surface area contributed by atoms with E-state index in [0.717, 1.165) is 38.3 Å². The first-order valence-electron chi connectivity index (χ1n) is 12.9. The summed E-state index contributed by atoms with van der Waals surface area (Å²) in [5.41, 5.74) is 12.2. The van der Waals surface area contributed by atoms with Crippen LogP contribution in [0.1, 0.15) is 51.4 Å². The molecule has 1 aliphatic rings. The van der Waals surface area contributed by atoms with Gasteiger partial charge in [-0.25, -0.2) is 4.79 Å². The second-order valence-electron chi connectivity index (χ2n) is 9.52. The van der Waals surface area contributed by atoms with Gasteiger partial charge in [0, 0.05) is 29.2 Å². The third-order valence-corrected chi connectivity index (χ3v) is 7.97. The molecule has 0 aliphatic carbocycles. The number of aliphatic hydroxyl groups excluding tert-OH is 1. The molecule has 0 bridgehead atoms. The molecule has 0 saturated carbocycles. The highest BCUT2D eigenvalue weighted by atomic mass is 32.2. The molecule has 4 aromatic rings. The van der Waals surface area contributed by atoms with Crippen LogP contribution in [0.3, 0.4) is 0 Å². The van der Waals surface area contributed by atoms with E-state index in [1.54, 1.807) is 23.9 Å². The number of carbonyl (C=O) groups is 1. The van der Waals surface area contributed by atoms with Crippen LogP contribution in [0.2, 0.25) is 0 Å². The molecule has 4 aromatic carbocycles. The molecule has 5 rings (SSSR count). The summed E-state index contributed by atoms with van der Waals surface area (Å²) in [7, 11) is 0. The summed E-state index contributed by atoms with van der Waals surface area (Å²) >= 11 is 1.63. The van der Waals surface area contributed by atoms with Crippen LogP contribution in [0.15, 0.2) is 102 Å². The largest absolute Gasteiger partial charge is 0.478 e. The van der Waals surface area contributed by atoms with E-state index >= 15 is 0 Å². The number of carboxylic acid groups (broad SMARTS) is 1. The standard InChI is InChI=1S/C32H31NO5S/c33-18-22-2-1-3-27(16-22)23-8-10-26(11-9-23)32-37-28(20-39-29-14-12-25(13-15-29)31(35)36)17-30(38-32)24-6-4-21(19-34)5-7-24/h1-16,28,30,32,34H,17-20,33H2,(H,35,36). The first-order chi connectivity index (χ1) is 19.0. The Morgan fingerprint density at radius 2 is 1.56 bits per heavy atom. The van der Waals surface area contributed by atoms with Gasteiger partial charge in [0.05, 0.1) is 24.4 Å². The van der Waals surface area contributed by atoms with Crippen molar-refractivity contribution in [3.63, 3.8) is 0 Å². The van der Waals surface area contributed by atoms with Gasteiger partial charge in [-0.05, 0) is 58.1 Å². The second-order valence-corrected chi connectivity index (χ2v) is 10.6. The normalized spacial score (nSPS) is 19.1. The molecule has 4 N–H and O–H groups in total. The van der Waals surface area contributed by atoms with Crippen LogP contribution in [0, 0.1) is 0 Å². The molecule has 0 aromatic heterocycles. The molecule has 0 spiro atoms. The van der Waals surface area contributed by atoms with Crippen molar-refractivity contribution >= 4 is 17.7 Å². The van der Waals surface area contributed by atoms with E-state index in [2.05, 4.69) is 24.3 Å². The third kappa shape index (κ3) is 6.76. The molecule has 0 amide bonds. The van der Waals surface area contributed by atoms with Gasteiger partial charge in [-0.3, -0.25) is 0 Å². The molecule has 1 saturated heterocycles. The van der Waals surface area contributed by atoms with Crippen molar-refractivity contribution in [3.8, 4) is 11.1 Å². The number of nitrogens with two attached hydrogens (primary N) is 1. The topological polar surface area (TPSA) is 102 Å². The zero-order valence-corrected chi connectivity index (χ0v) is 22.2. The lowest BCUT2D eigenvalue weighted by atomic mass is 9.99. The number of carboxylic acids is 1. The van der Waals surface area contributed by atoms with Crippen molar-refractivity contribution in [2.24, 2.45) is 5.73 Å². The molecule has 200 valence electrons. The summed E-state index contributed by atoms with van der Waals surface area (Å²) in [5, 5.41) is 18.6. The summed E-state index contributed by atoms with van der Waals surface area (Å²) in [6.45, 7) is 0.497. The van der Waals surface area contributed by atoms with E-state index in [1.165, 1.54) is 0 Å². The van der Waals surface area contributed by atoms with Crippen molar-refractivity contribution in [3.05, 3.63) is 125 Å². The van der Waals surface area contributed by atoms with E-state index in [9.17, 15) is 9.90 Å². The van der Waals surface area contributed by atoms with Crippen LogP contribution in [0.4, 0.5) is 0 Å². The Morgan fingerprint density at radius 3 is 2.23 bits per heavy atom. The Kier molecular flexibility index (Phi) is 8.76. The summed E-state index contributed by atoms with van der Waals surface area (Å²) in [4.78, 5) is 12.2. The first kappa shape index (κ1) is 27.1. The van der Waals surface area contributed by atoms with Crippen LogP contribution in [0.25, 0.3) is 11.1 Å². The van der Waals surface area contributed by atoms with Crippen molar-refractivity contribution in [1.29, 1.82) is 0 Å². The maximum Gasteiger partial charge on any atom is 0.335 e. The Hall–Kier alpha value is -3.46. The van der Waals surface area contributed by atoms with E-state index in [4.69, 9.17) is 20.3 Å². The quantitative estimate of drug-likeness (QED) is 0.213. The third-order valence-electron chi connectivity index (χ3n) is 6.83. The number of aromatic carboxylic acids is 1. The molecule has 3 atom stereocenters. The number of rotatable bonds is 9. The summed E-state index contributed by atoms with van der Waals surface area (Å²) in [5.74, 6) is -0.239. The SMILES string of the molecule is NCc1cccc(-c2ccc(C3OC(CSc4ccc(C(=O)O)cc4)CC(c4ccc(CO)cc4)O3)cc2)c1. The molecular weight excluding hydrogens is 510 g/mol. The van der Waals surface area contributed by atoms with Crippen molar-refractivity contribution in [1.82, 2.24) is 0 Å². The van der Waals surface area contributed by atoms with Crippen LogP contribution in [-0.2, 0) is 22.6 Å². The highest BCUT2D eigenvalue weighted by Gasteiger charge is 2.32. The molecule has 7 heteroatoms. The first-order valence-corrected chi connectivity index (χ1v) is 13.9. The highest BCUT2D eigenvalue weighted by molar-refractivity contribution is 7.99. The summed E-state index contributed by atoms with van der Waals surface area (Å²) in [6.07, 6.45) is -0.113. The van der Waals surface area contributed by atoms with Gasteiger partial charge in [0.2, 0.25) is 0 Å². The summed E-state index contributed by atoms with van der Waals surface area (Å²) < 4.78 is 12.9. The van der Waals surface area contributed by atoms with Gasteiger partial charge in [-0.15, -0.1) is 11.8 Å². The van der Waals surface area contributed by atoms with Crippen LogP contribution >= 0.6 is 11.8 Å². The van der Waals surface area contributed by atoms with Gasteiger partial charge < -0.3 is 25.4 Å². The molecule has 39 heavy (non-hydrogen) atoms. The zero-order chi connectivity index (χ0) is 27.2. The molecular formula is C32H31NO5S. The molecule has 0 radical (unpaired) electrons. The number of ether oxygens (including phenoxy) is 2. The molecule has 3 unspecified atom stereocenters. The Morgan fingerprint density at radius 1 is 0.846 bits per heavy atom. The molecule has 1 heterocycles. The Balaban J connectivity index is 1.34. The zero-order valence-electron chi connectivity index (χ0n) is 21.4. The number of hydrogen-bond acceptors (Lipinski definition) is 6. The van der Waals surface area contributed by atoms with Gasteiger partial charge in [0.1, 0.15) is 0 Å². The van der Waals surface area contributed by atoms with Gasteiger partial charge in [0.25, 0.3) is 0 Å². The lowest BCUT2D eigenvalue weighted by Crippen LogP contribution is -2.31. The molecule has 6 nitrogen and oxygen atoms in total. The van der Waals surface area contributed by atoms with Crippen LogP contribution in [0.5, 0.6) is 0 Å².